The van der Waals surface area contributed by atoms with Crippen molar-refractivity contribution < 1.29 is 14.4 Å². The molecule has 0 saturated carbocycles. The maximum absolute atomic E-state index is 9.87. The number of hydrogen-bond acceptors (Lipinski definition) is 5. The van der Waals surface area contributed by atoms with Gasteiger partial charge in [0, 0.05) is 6.42 Å². The minimum Gasteiger partial charge on any atom is -0.504 e. The maximum atomic E-state index is 9.87. The molecule has 0 amide bonds. The summed E-state index contributed by atoms with van der Waals surface area (Å²) in [4.78, 5) is 4.14. The van der Waals surface area contributed by atoms with Crippen LogP contribution in [0.15, 0.2) is 22.7 Å². The predicted molar refractivity (Wildman–Crippen MR) is 57.3 cm³/mol. The van der Waals surface area contributed by atoms with E-state index >= 15 is 0 Å². The number of ether oxygens (including phenoxy) is 1. The highest BCUT2D eigenvalue weighted by molar-refractivity contribution is 5.66. The molecule has 84 valence electrons. The molecule has 1 heterocycles. The molecule has 0 saturated heterocycles. The zero-order valence-electron chi connectivity index (χ0n) is 9.10. The third-order valence-electron chi connectivity index (χ3n) is 2.23. The molecule has 5 nitrogen and oxygen atoms in total. The van der Waals surface area contributed by atoms with Gasteiger partial charge in [-0.2, -0.15) is 4.98 Å². The second kappa shape index (κ2) is 4.22. The van der Waals surface area contributed by atoms with Gasteiger partial charge in [0.1, 0.15) is 0 Å². The molecule has 0 fully saturated rings. The molecule has 1 N–H and O–H groups in total. The van der Waals surface area contributed by atoms with Gasteiger partial charge in [-0.05, 0) is 12.1 Å². The summed E-state index contributed by atoms with van der Waals surface area (Å²) >= 11 is 0. The lowest BCUT2D eigenvalue weighted by atomic mass is 10.2. The highest BCUT2D eigenvalue weighted by atomic mass is 16.5. The predicted octanol–water partition coefficient (Wildman–Crippen LogP) is 2.01. The Balaban J connectivity index is 2.47. The van der Waals surface area contributed by atoms with Crippen molar-refractivity contribution in [1.82, 2.24) is 10.1 Å². The minimum absolute atomic E-state index is 0.0105. The van der Waals surface area contributed by atoms with Gasteiger partial charge in [-0.15, -0.1) is 0 Å². The molecule has 2 aromatic rings. The highest BCUT2D eigenvalue weighted by Crippen LogP contribution is 2.35. The number of nitrogens with zero attached hydrogens (tertiary/aromatic N) is 2. The quantitative estimate of drug-likeness (QED) is 0.856. The zero-order valence-corrected chi connectivity index (χ0v) is 9.10. The zero-order chi connectivity index (χ0) is 11.5. The van der Waals surface area contributed by atoms with Crippen molar-refractivity contribution in [2.75, 3.05) is 7.11 Å². The number of aromatic nitrogens is 2. The third kappa shape index (κ3) is 1.71. The van der Waals surface area contributed by atoms with Gasteiger partial charge in [0.15, 0.2) is 17.3 Å². The summed E-state index contributed by atoms with van der Waals surface area (Å²) in [6, 6.07) is 5.12. The fourth-order valence-corrected chi connectivity index (χ4v) is 1.37. The van der Waals surface area contributed by atoms with E-state index in [-0.39, 0.29) is 5.75 Å². The van der Waals surface area contributed by atoms with Crippen LogP contribution in [0.3, 0.4) is 0 Å². The van der Waals surface area contributed by atoms with Gasteiger partial charge in [0.2, 0.25) is 0 Å². The van der Waals surface area contributed by atoms with E-state index in [9.17, 15) is 5.11 Å². The van der Waals surface area contributed by atoms with Crippen LogP contribution in [0.4, 0.5) is 0 Å². The number of hydrogen-bond donors (Lipinski definition) is 1. The van der Waals surface area contributed by atoms with E-state index in [1.807, 2.05) is 6.92 Å². The average molecular weight is 220 g/mol. The van der Waals surface area contributed by atoms with E-state index < -0.39 is 0 Å². The first kappa shape index (κ1) is 10.5. The maximum Gasteiger partial charge on any atom is 0.261 e. The van der Waals surface area contributed by atoms with Crippen molar-refractivity contribution >= 4 is 0 Å². The molecule has 2 rings (SSSR count). The molecular weight excluding hydrogens is 208 g/mol. The van der Waals surface area contributed by atoms with Crippen molar-refractivity contribution in [3.8, 4) is 23.0 Å². The highest BCUT2D eigenvalue weighted by Gasteiger charge is 2.14. The van der Waals surface area contributed by atoms with Crippen molar-refractivity contribution in [1.29, 1.82) is 0 Å². The summed E-state index contributed by atoms with van der Waals surface area (Å²) < 4.78 is 10.0. The molecule has 1 aromatic heterocycles. The Kier molecular flexibility index (Phi) is 2.76. The fourth-order valence-electron chi connectivity index (χ4n) is 1.37. The Labute approximate surface area is 92.7 Å². The standard InChI is InChI=1S/C11H12N2O3/c1-3-9-12-11(16-13-9)7-5-4-6-8(15-2)10(7)14/h4-6,14H,3H2,1-2H3. The number of aromatic hydroxyl groups is 1. The Bertz CT molecular complexity index is 494. The van der Waals surface area contributed by atoms with Crippen molar-refractivity contribution in [3.63, 3.8) is 0 Å². The summed E-state index contributed by atoms with van der Waals surface area (Å²) in [5.74, 6) is 1.30. The van der Waals surface area contributed by atoms with Crippen LogP contribution in [0.5, 0.6) is 11.5 Å². The van der Waals surface area contributed by atoms with Crippen LogP contribution in [0.1, 0.15) is 12.7 Å². The van der Waals surface area contributed by atoms with Crippen LogP contribution in [0, 0.1) is 0 Å². The van der Waals surface area contributed by atoms with Gasteiger partial charge in [-0.3, -0.25) is 0 Å². The molecule has 16 heavy (non-hydrogen) atoms. The van der Waals surface area contributed by atoms with Gasteiger partial charge in [0.25, 0.3) is 5.89 Å². The molecule has 0 aliphatic heterocycles. The van der Waals surface area contributed by atoms with Crippen molar-refractivity contribution in [2.24, 2.45) is 0 Å². The first-order valence-electron chi connectivity index (χ1n) is 4.95. The summed E-state index contributed by atoms with van der Waals surface area (Å²) in [5, 5.41) is 13.6. The monoisotopic (exact) mass is 220 g/mol. The number of benzene rings is 1. The Hall–Kier alpha value is -2.04. The van der Waals surface area contributed by atoms with Crippen LogP contribution in [0.25, 0.3) is 11.5 Å². The number of phenols is 1. The lowest BCUT2D eigenvalue weighted by Crippen LogP contribution is -1.87. The molecule has 0 aliphatic rings. The number of phenolic OH excluding ortho intramolecular Hbond substituents is 1. The number of methoxy groups -OCH3 is 1. The molecule has 0 aliphatic carbocycles. The molecule has 0 radical (unpaired) electrons. The summed E-state index contributed by atoms with van der Waals surface area (Å²) in [7, 11) is 1.49. The molecular formula is C11H12N2O3. The first-order valence-corrected chi connectivity index (χ1v) is 4.95. The first-order chi connectivity index (χ1) is 7.76. The van der Waals surface area contributed by atoms with Crippen LogP contribution in [0.2, 0.25) is 0 Å². The van der Waals surface area contributed by atoms with Gasteiger partial charge in [-0.1, -0.05) is 18.1 Å². The number of para-hydroxylation sites is 1. The lowest BCUT2D eigenvalue weighted by Gasteiger charge is -2.04. The van der Waals surface area contributed by atoms with E-state index in [0.29, 0.717) is 29.4 Å². The van der Waals surface area contributed by atoms with Crippen molar-refractivity contribution in [2.45, 2.75) is 13.3 Å². The topological polar surface area (TPSA) is 68.4 Å². The SMILES string of the molecule is CCc1noc(-c2cccc(OC)c2O)n1. The van der Waals surface area contributed by atoms with Gasteiger partial charge in [-0.25, -0.2) is 0 Å². The minimum atomic E-state index is 0.0105. The van der Waals surface area contributed by atoms with E-state index in [0.717, 1.165) is 0 Å². The third-order valence-corrected chi connectivity index (χ3v) is 2.23. The lowest BCUT2D eigenvalue weighted by molar-refractivity contribution is 0.371. The molecule has 0 atom stereocenters. The van der Waals surface area contributed by atoms with Crippen LogP contribution in [-0.2, 0) is 6.42 Å². The summed E-state index contributed by atoms with van der Waals surface area (Å²) in [5.41, 5.74) is 0.478. The van der Waals surface area contributed by atoms with Crippen LogP contribution < -0.4 is 4.74 Å². The van der Waals surface area contributed by atoms with E-state index in [4.69, 9.17) is 9.26 Å². The Morgan fingerprint density at radius 2 is 2.25 bits per heavy atom. The number of rotatable bonds is 3. The smallest absolute Gasteiger partial charge is 0.261 e. The molecule has 0 unspecified atom stereocenters. The second-order valence-electron chi connectivity index (χ2n) is 3.23. The molecule has 0 bridgehead atoms. The van der Waals surface area contributed by atoms with E-state index in [2.05, 4.69) is 10.1 Å². The normalized spacial score (nSPS) is 10.4. The number of aryl methyl sites for hydroxylation is 1. The average Bonchev–Trinajstić information content (AvgIpc) is 2.78. The van der Waals surface area contributed by atoms with E-state index in [1.165, 1.54) is 7.11 Å². The fraction of sp³-hybridized carbons (Fsp3) is 0.273. The molecule has 5 heteroatoms. The van der Waals surface area contributed by atoms with Crippen molar-refractivity contribution in [3.05, 3.63) is 24.0 Å². The van der Waals surface area contributed by atoms with E-state index in [1.54, 1.807) is 18.2 Å². The van der Waals surface area contributed by atoms with Gasteiger partial charge >= 0.3 is 0 Å². The van der Waals surface area contributed by atoms with Gasteiger partial charge in [0.05, 0.1) is 12.7 Å². The summed E-state index contributed by atoms with van der Waals surface area (Å²) in [6.45, 7) is 1.93. The Morgan fingerprint density at radius 3 is 2.88 bits per heavy atom. The molecule has 0 spiro atoms. The Morgan fingerprint density at radius 1 is 1.44 bits per heavy atom. The molecule has 1 aromatic carbocycles. The van der Waals surface area contributed by atoms with Crippen LogP contribution >= 0.6 is 0 Å². The largest absolute Gasteiger partial charge is 0.504 e. The summed E-state index contributed by atoms with van der Waals surface area (Å²) in [6.07, 6.45) is 0.689. The van der Waals surface area contributed by atoms with Crippen LogP contribution in [-0.4, -0.2) is 22.4 Å². The van der Waals surface area contributed by atoms with Gasteiger partial charge < -0.3 is 14.4 Å². The second-order valence-corrected chi connectivity index (χ2v) is 3.23.